The fraction of sp³-hybridized carbons (Fsp3) is 0.400. The molecule has 1 fully saturated rings. The molecule has 3 aromatic rings. The number of nitrogens with one attached hydrogen (secondary N) is 1. The molecule has 158 valence electrons. The van der Waals surface area contributed by atoms with Gasteiger partial charge in [0, 0.05) is 42.6 Å². The van der Waals surface area contributed by atoms with Gasteiger partial charge in [0.2, 0.25) is 0 Å². The van der Waals surface area contributed by atoms with Crippen molar-refractivity contribution in [2.24, 2.45) is 5.92 Å². The van der Waals surface area contributed by atoms with Crippen molar-refractivity contribution in [3.8, 4) is 22.5 Å². The van der Waals surface area contributed by atoms with Crippen LogP contribution < -0.4 is 4.90 Å². The summed E-state index contributed by atoms with van der Waals surface area (Å²) in [6.07, 6.45) is 3.79. The molecule has 0 bridgehead atoms. The lowest BCUT2D eigenvalue weighted by atomic mass is 9.90. The zero-order valence-corrected chi connectivity index (χ0v) is 17.9. The number of pyridine rings is 1. The smallest absolute Gasteiger partial charge is 0.181 e. The van der Waals surface area contributed by atoms with Crippen LogP contribution in [0.5, 0.6) is 0 Å². The zero-order chi connectivity index (χ0) is 21.5. The second-order valence-electron chi connectivity index (χ2n) is 8.19. The first-order valence-electron chi connectivity index (χ1n) is 9.65. The first kappa shape index (κ1) is 20.4. The molecule has 1 unspecified atom stereocenters. The second kappa shape index (κ2) is 7.44. The SMILES string of the molecule is CC(C)(O)C1CCN(c2ccc(-c3cccc(S(C)(=O)=O)c3-c3nnn[nH]3)cn2)C1. The number of rotatable bonds is 5. The van der Waals surface area contributed by atoms with E-state index < -0.39 is 15.4 Å². The van der Waals surface area contributed by atoms with Gasteiger partial charge in [-0.1, -0.05) is 12.1 Å². The van der Waals surface area contributed by atoms with Crippen molar-refractivity contribution in [3.63, 3.8) is 0 Å². The number of nitrogens with zero attached hydrogens (tertiary/aromatic N) is 5. The molecule has 0 radical (unpaired) electrons. The average Bonchev–Trinajstić information content (AvgIpc) is 3.39. The molecule has 0 saturated carbocycles. The Hall–Kier alpha value is -2.85. The zero-order valence-electron chi connectivity index (χ0n) is 17.1. The van der Waals surface area contributed by atoms with Crippen LogP contribution in [0.2, 0.25) is 0 Å². The van der Waals surface area contributed by atoms with Crippen LogP contribution in [-0.2, 0) is 9.84 Å². The topological polar surface area (TPSA) is 125 Å². The summed E-state index contributed by atoms with van der Waals surface area (Å²) in [4.78, 5) is 6.90. The van der Waals surface area contributed by atoms with E-state index in [-0.39, 0.29) is 16.6 Å². The number of hydrogen-bond donors (Lipinski definition) is 2. The van der Waals surface area contributed by atoms with Crippen LogP contribution >= 0.6 is 0 Å². The number of tetrazole rings is 1. The summed E-state index contributed by atoms with van der Waals surface area (Å²) in [6, 6.07) is 8.89. The first-order valence-corrected chi connectivity index (χ1v) is 11.5. The average molecular weight is 429 g/mol. The van der Waals surface area contributed by atoms with Crippen molar-refractivity contribution >= 4 is 15.7 Å². The molecule has 2 aromatic heterocycles. The molecular formula is C20H24N6O3S. The van der Waals surface area contributed by atoms with E-state index >= 15 is 0 Å². The predicted octanol–water partition coefficient (Wildman–Crippen LogP) is 1.93. The molecule has 1 saturated heterocycles. The maximum atomic E-state index is 12.3. The molecule has 1 aliphatic rings. The Balaban J connectivity index is 1.71. The molecule has 30 heavy (non-hydrogen) atoms. The molecule has 0 amide bonds. The summed E-state index contributed by atoms with van der Waals surface area (Å²) >= 11 is 0. The lowest BCUT2D eigenvalue weighted by Gasteiger charge is -2.26. The van der Waals surface area contributed by atoms with Gasteiger partial charge in [0.05, 0.1) is 10.5 Å². The summed E-state index contributed by atoms with van der Waals surface area (Å²) < 4.78 is 24.7. The number of aromatic nitrogens is 5. The third-order valence-electron chi connectivity index (χ3n) is 5.58. The minimum Gasteiger partial charge on any atom is -0.390 e. The van der Waals surface area contributed by atoms with E-state index in [4.69, 9.17) is 0 Å². The van der Waals surface area contributed by atoms with Crippen molar-refractivity contribution in [2.45, 2.75) is 30.8 Å². The number of hydrogen-bond acceptors (Lipinski definition) is 8. The normalized spacial score (nSPS) is 17.5. The summed E-state index contributed by atoms with van der Waals surface area (Å²) in [6.45, 7) is 5.26. The highest BCUT2D eigenvalue weighted by Gasteiger charge is 2.34. The molecule has 0 aliphatic carbocycles. The van der Waals surface area contributed by atoms with E-state index in [1.54, 1.807) is 18.3 Å². The van der Waals surface area contributed by atoms with Gasteiger partial charge in [0.1, 0.15) is 5.82 Å². The summed E-state index contributed by atoms with van der Waals surface area (Å²) in [7, 11) is -3.50. The van der Waals surface area contributed by atoms with Crippen LogP contribution in [0.1, 0.15) is 20.3 Å². The Morgan fingerprint density at radius 3 is 2.60 bits per heavy atom. The second-order valence-corrected chi connectivity index (χ2v) is 10.2. The monoisotopic (exact) mass is 428 g/mol. The number of sulfone groups is 1. The molecular weight excluding hydrogens is 404 g/mol. The van der Waals surface area contributed by atoms with Gasteiger partial charge in [-0.15, -0.1) is 5.10 Å². The maximum Gasteiger partial charge on any atom is 0.181 e. The van der Waals surface area contributed by atoms with Crippen molar-refractivity contribution < 1.29 is 13.5 Å². The van der Waals surface area contributed by atoms with Gasteiger partial charge in [-0.25, -0.2) is 18.5 Å². The van der Waals surface area contributed by atoms with Gasteiger partial charge < -0.3 is 10.0 Å². The molecule has 4 rings (SSSR count). The molecule has 3 heterocycles. The van der Waals surface area contributed by atoms with Gasteiger partial charge in [0.25, 0.3) is 0 Å². The number of aliphatic hydroxyl groups is 1. The lowest BCUT2D eigenvalue weighted by Crippen LogP contribution is -2.33. The van der Waals surface area contributed by atoms with Gasteiger partial charge in [-0.3, -0.25) is 0 Å². The standard InChI is InChI=1S/C20H24N6O3S/c1-20(2,27)14-9-10-26(12-14)17-8-7-13(11-21-17)15-5-4-6-16(30(3,28)29)18(15)19-22-24-25-23-19/h4-8,11,14,27H,9-10,12H2,1-3H3,(H,22,23,24,25). The number of aromatic amines is 1. The quantitative estimate of drug-likeness (QED) is 0.631. The van der Waals surface area contributed by atoms with E-state index in [0.29, 0.717) is 11.1 Å². The Bertz CT molecular complexity index is 1140. The Morgan fingerprint density at radius 1 is 1.23 bits per heavy atom. The summed E-state index contributed by atoms with van der Waals surface area (Å²) in [5.41, 5.74) is 1.13. The molecule has 0 spiro atoms. The highest BCUT2D eigenvalue weighted by molar-refractivity contribution is 7.90. The Kier molecular flexibility index (Phi) is 5.07. The number of benzene rings is 1. The Morgan fingerprint density at radius 2 is 2.03 bits per heavy atom. The minimum absolute atomic E-state index is 0.148. The third kappa shape index (κ3) is 3.92. The Labute approximate surface area is 175 Å². The first-order chi connectivity index (χ1) is 14.1. The van der Waals surface area contributed by atoms with Gasteiger partial charge in [0.15, 0.2) is 15.7 Å². The van der Waals surface area contributed by atoms with Crippen molar-refractivity contribution in [1.29, 1.82) is 0 Å². The van der Waals surface area contributed by atoms with Crippen LogP contribution in [0, 0.1) is 5.92 Å². The summed E-state index contributed by atoms with van der Waals surface area (Å²) in [5, 5.41) is 24.0. The molecule has 1 aromatic carbocycles. The fourth-order valence-electron chi connectivity index (χ4n) is 3.87. The highest BCUT2D eigenvalue weighted by atomic mass is 32.2. The van der Waals surface area contributed by atoms with Gasteiger partial charge in [-0.2, -0.15) is 0 Å². The molecule has 9 nitrogen and oxygen atoms in total. The number of anilines is 1. The minimum atomic E-state index is -3.50. The molecule has 10 heteroatoms. The van der Waals surface area contributed by atoms with E-state index in [2.05, 4.69) is 30.5 Å². The highest BCUT2D eigenvalue weighted by Crippen LogP contribution is 2.36. The molecule has 1 aliphatic heterocycles. The van der Waals surface area contributed by atoms with Crippen molar-refractivity contribution in [3.05, 3.63) is 36.5 Å². The molecule has 2 N–H and O–H groups in total. The van der Waals surface area contributed by atoms with Crippen LogP contribution in [0.3, 0.4) is 0 Å². The predicted molar refractivity (Wildman–Crippen MR) is 113 cm³/mol. The number of H-pyrrole nitrogens is 1. The fourth-order valence-corrected chi connectivity index (χ4v) is 4.77. The van der Waals surface area contributed by atoms with Crippen LogP contribution in [0.4, 0.5) is 5.82 Å². The largest absolute Gasteiger partial charge is 0.390 e. The van der Waals surface area contributed by atoms with Crippen LogP contribution in [0.25, 0.3) is 22.5 Å². The summed E-state index contributed by atoms with van der Waals surface area (Å²) in [5.74, 6) is 1.30. The van der Waals surface area contributed by atoms with Crippen LogP contribution in [0.15, 0.2) is 41.4 Å². The lowest BCUT2D eigenvalue weighted by molar-refractivity contribution is 0.0263. The molecule has 1 atom stereocenters. The van der Waals surface area contributed by atoms with Crippen molar-refractivity contribution in [1.82, 2.24) is 25.6 Å². The van der Waals surface area contributed by atoms with E-state index in [0.717, 1.165) is 37.1 Å². The van der Waals surface area contributed by atoms with Crippen LogP contribution in [-0.4, -0.2) is 64.1 Å². The third-order valence-corrected chi connectivity index (χ3v) is 6.72. The van der Waals surface area contributed by atoms with Gasteiger partial charge >= 0.3 is 0 Å². The van der Waals surface area contributed by atoms with Crippen molar-refractivity contribution in [2.75, 3.05) is 24.2 Å². The van der Waals surface area contributed by atoms with E-state index in [1.165, 1.54) is 0 Å². The van der Waals surface area contributed by atoms with Gasteiger partial charge in [-0.05, 0) is 54.5 Å². The maximum absolute atomic E-state index is 12.3. The van der Waals surface area contributed by atoms with E-state index in [9.17, 15) is 13.5 Å². The van der Waals surface area contributed by atoms with E-state index in [1.807, 2.05) is 32.0 Å².